The zero-order valence-electron chi connectivity index (χ0n) is 15.9. The number of likely N-dealkylation sites (N-methyl/N-ethyl adjacent to an activating group) is 2. The van der Waals surface area contributed by atoms with Crippen LogP contribution >= 0.6 is 12.2 Å². The molecule has 2 aromatic rings. The minimum Gasteiger partial charge on any atom is -0.480 e. The number of rotatable bonds is 5. The summed E-state index contributed by atoms with van der Waals surface area (Å²) in [7, 11) is 0. The molecule has 0 bridgehead atoms. The monoisotopic (exact) mass is 399 g/mol. The highest BCUT2D eigenvalue weighted by Crippen LogP contribution is 2.25. The second-order valence-corrected chi connectivity index (χ2v) is 6.86. The van der Waals surface area contributed by atoms with Gasteiger partial charge in [0.2, 0.25) is 0 Å². The van der Waals surface area contributed by atoms with E-state index in [2.05, 4.69) is 0 Å². The van der Waals surface area contributed by atoms with Crippen molar-refractivity contribution in [2.45, 2.75) is 26.8 Å². The number of carboxylic acid groups (broad SMARTS) is 1. The van der Waals surface area contributed by atoms with E-state index in [0.717, 1.165) is 10.9 Å². The molecule has 8 heteroatoms. The van der Waals surface area contributed by atoms with Crippen LogP contribution < -0.4 is 0 Å². The molecular formula is C20H21N3O4S. The summed E-state index contributed by atoms with van der Waals surface area (Å²) in [5.41, 5.74) is 1.52. The van der Waals surface area contributed by atoms with E-state index in [0.29, 0.717) is 18.7 Å². The first-order valence-electron chi connectivity index (χ1n) is 9.02. The number of amides is 2. The van der Waals surface area contributed by atoms with Crippen molar-refractivity contribution in [3.05, 3.63) is 41.6 Å². The molecule has 28 heavy (non-hydrogen) atoms. The molecule has 7 nitrogen and oxygen atoms in total. The molecule has 0 aliphatic carbocycles. The van der Waals surface area contributed by atoms with Crippen molar-refractivity contribution in [1.29, 1.82) is 0 Å². The fourth-order valence-corrected chi connectivity index (χ4v) is 3.70. The highest BCUT2D eigenvalue weighted by molar-refractivity contribution is 7.80. The van der Waals surface area contributed by atoms with Crippen molar-refractivity contribution < 1.29 is 19.5 Å². The Hall–Kier alpha value is -3.00. The smallest absolute Gasteiger partial charge is 0.326 e. The third-order valence-corrected chi connectivity index (χ3v) is 5.32. The van der Waals surface area contributed by atoms with Crippen LogP contribution in [-0.2, 0) is 14.4 Å². The zero-order valence-corrected chi connectivity index (χ0v) is 16.7. The average Bonchev–Trinajstić information content (AvgIpc) is 3.08. The quantitative estimate of drug-likeness (QED) is 0.475. The number of hydrogen-bond donors (Lipinski definition) is 1. The van der Waals surface area contributed by atoms with Crippen LogP contribution in [0.4, 0.5) is 0 Å². The molecule has 0 radical (unpaired) electrons. The van der Waals surface area contributed by atoms with Gasteiger partial charge in [-0.15, -0.1) is 0 Å². The van der Waals surface area contributed by atoms with E-state index in [-0.39, 0.29) is 10.7 Å². The van der Waals surface area contributed by atoms with Crippen LogP contribution in [0.25, 0.3) is 17.0 Å². The molecular weight excluding hydrogens is 378 g/mol. The van der Waals surface area contributed by atoms with Gasteiger partial charge in [0, 0.05) is 30.2 Å². The van der Waals surface area contributed by atoms with Crippen LogP contribution in [0.1, 0.15) is 32.4 Å². The second-order valence-electron chi connectivity index (χ2n) is 6.49. The average molecular weight is 399 g/mol. The predicted molar refractivity (Wildman–Crippen MR) is 110 cm³/mol. The number of nitrogens with zero attached hydrogens (tertiary/aromatic N) is 3. The first-order chi connectivity index (χ1) is 13.3. The molecule has 146 valence electrons. The van der Waals surface area contributed by atoms with Crippen molar-refractivity contribution in [3.63, 3.8) is 0 Å². The van der Waals surface area contributed by atoms with Gasteiger partial charge in [0.25, 0.3) is 11.8 Å². The first-order valence-corrected chi connectivity index (χ1v) is 9.43. The van der Waals surface area contributed by atoms with Crippen molar-refractivity contribution in [2.24, 2.45) is 0 Å². The minimum atomic E-state index is -0.919. The summed E-state index contributed by atoms with van der Waals surface area (Å²) in [5.74, 6) is -1.73. The molecule has 1 saturated heterocycles. The van der Waals surface area contributed by atoms with Crippen LogP contribution in [0.3, 0.4) is 0 Å². The Kier molecular flexibility index (Phi) is 5.33. The Morgan fingerprint density at radius 3 is 2.29 bits per heavy atom. The summed E-state index contributed by atoms with van der Waals surface area (Å²) in [4.78, 5) is 39.5. The van der Waals surface area contributed by atoms with Gasteiger partial charge in [-0.1, -0.05) is 6.07 Å². The predicted octanol–water partition coefficient (Wildman–Crippen LogP) is 2.67. The number of carboxylic acids is 1. The van der Waals surface area contributed by atoms with E-state index in [9.17, 15) is 19.5 Å². The van der Waals surface area contributed by atoms with Gasteiger partial charge in [-0.05, 0) is 62.8 Å². The van der Waals surface area contributed by atoms with Gasteiger partial charge < -0.3 is 9.67 Å². The van der Waals surface area contributed by atoms with E-state index in [1.807, 2.05) is 26.0 Å². The maximum absolute atomic E-state index is 12.7. The third kappa shape index (κ3) is 3.20. The number of fused-ring (bicyclic) bond motifs is 1. The minimum absolute atomic E-state index is 0.0648. The van der Waals surface area contributed by atoms with Crippen molar-refractivity contribution in [2.75, 3.05) is 13.1 Å². The van der Waals surface area contributed by atoms with Crippen LogP contribution in [0.5, 0.6) is 0 Å². The summed E-state index contributed by atoms with van der Waals surface area (Å²) < 4.78 is 1.67. The topological polar surface area (TPSA) is 82.9 Å². The maximum Gasteiger partial charge on any atom is 0.326 e. The largest absolute Gasteiger partial charge is 0.480 e. The highest BCUT2D eigenvalue weighted by atomic mass is 32.1. The Morgan fingerprint density at radius 2 is 1.75 bits per heavy atom. The Labute approximate surface area is 167 Å². The molecule has 1 aliphatic heterocycles. The van der Waals surface area contributed by atoms with Gasteiger partial charge in [-0.3, -0.25) is 19.4 Å². The summed E-state index contributed by atoms with van der Waals surface area (Å²) in [5, 5.41) is 10.3. The van der Waals surface area contributed by atoms with Gasteiger partial charge in [0.05, 0.1) is 0 Å². The number of aromatic nitrogens is 1. The lowest BCUT2D eigenvalue weighted by Crippen LogP contribution is -2.55. The summed E-state index contributed by atoms with van der Waals surface area (Å²) >= 11 is 5.26. The summed E-state index contributed by atoms with van der Waals surface area (Å²) in [6.45, 7) is 5.99. The number of aliphatic carboxylic acids is 1. The van der Waals surface area contributed by atoms with Gasteiger partial charge >= 0.3 is 5.97 Å². The van der Waals surface area contributed by atoms with Crippen LogP contribution in [0.15, 0.2) is 36.0 Å². The molecule has 1 atom stereocenters. The fraction of sp³-hybridized carbons (Fsp3) is 0.300. The molecule has 3 rings (SSSR count). The summed E-state index contributed by atoms with van der Waals surface area (Å²) in [6.07, 6.45) is 3.28. The van der Waals surface area contributed by atoms with Gasteiger partial charge in [-0.25, -0.2) is 4.79 Å². The SMILES string of the molecule is CCN1C(=O)C(=Cc2ccc3c(ccn3[C@H](C)C(=O)O)c2)C(=O)N(CC)C1=S. The Balaban J connectivity index is 2.03. The lowest BCUT2D eigenvalue weighted by atomic mass is 10.1. The number of thiocarbonyl (C=S) groups is 1. The van der Waals surface area contributed by atoms with Crippen LogP contribution in [-0.4, -0.2) is 55.5 Å². The number of carbonyl (C=O) groups excluding carboxylic acids is 2. The van der Waals surface area contributed by atoms with E-state index >= 15 is 0 Å². The van der Waals surface area contributed by atoms with E-state index in [1.54, 1.807) is 35.9 Å². The molecule has 0 unspecified atom stereocenters. The second kappa shape index (κ2) is 7.55. The lowest BCUT2D eigenvalue weighted by Gasteiger charge is -2.35. The van der Waals surface area contributed by atoms with Gasteiger partial charge in [0.1, 0.15) is 11.6 Å². The fourth-order valence-electron chi connectivity index (χ4n) is 3.28. The molecule has 1 fully saturated rings. The highest BCUT2D eigenvalue weighted by Gasteiger charge is 2.37. The molecule has 1 aromatic carbocycles. The van der Waals surface area contributed by atoms with Crippen molar-refractivity contribution >= 4 is 52.1 Å². The number of benzene rings is 1. The molecule has 2 heterocycles. The van der Waals surface area contributed by atoms with E-state index < -0.39 is 23.8 Å². The summed E-state index contributed by atoms with van der Waals surface area (Å²) in [6, 6.07) is 6.50. The third-order valence-electron chi connectivity index (χ3n) is 4.88. The molecule has 0 saturated carbocycles. The maximum atomic E-state index is 12.7. The Morgan fingerprint density at radius 1 is 1.14 bits per heavy atom. The molecule has 2 amide bonds. The normalized spacial score (nSPS) is 16.1. The molecule has 1 aliphatic rings. The molecule has 0 spiro atoms. The first kappa shape index (κ1) is 19.8. The van der Waals surface area contributed by atoms with E-state index in [4.69, 9.17) is 12.2 Å². The van der Waals surface area contributed by atoms with Gasteiger partial charge in [-0.2, -0.15) is 0 Å². The standard InChI is InChI=1S/C20H21N3O4S/c1-4-21-17(24)15(18(25)22(5-2)20(21)28)11-13-6-7-16-14(10-13)8-9-23(16)12(3)19(26)27/h6-12H,4-5H2,1-3H3,(H,26,27)/t12-/m1/s1. The number of carbonyl (C=O) groups is 3. The van der Waals surface area contributed by atoms with Crippen LogP contribution in [0.2, 0.25) is 0 Å². The molecule has 1 aromatic heterocycles. The van der Waals surface area contributed by atoms with Gasteiger partial charge in [0.15, 0.2) is 5.11 Å². The van der Waals surface area contributed by atoms with E-state index in [1.165, 1.54) is 9.80 Å². The Bertz CT molecular complexity index is 996. The van der Waals surface area contributed by atoms with Crippen molar-refractivity contribution in [1.82, 2.24) is 14.4 Å². The molecule has 1 N–H and O–H groups in total. The zero-order chi connectivity index (χ0) is 20.6. The lowest BCUT2D eigenvalue weighted by molar-refractivity contribution is -0.140. The van der Waals surface area contributed by atoms with Crippen molar-refractivity contribution in [3.8, 4) is 0 Å². The number of hydrogen-bond acceptors (Lipinski definition) is 4. The van der Waals surface area contributed by atoms with Crippen LogP contribution in [0, 0.1) is 0 Å².